The minimum Gasteiger partial charge on any atom is -0.354 e. The van der Waals surface area contributed by atoms with Crippen molar-refractivity contribution in [1.29, 1.82) is 0 Å². The molecule has 17 heavy (non-hydrogen) atoms. The summed E-state index contributed by atoms with van der Waals surface area (Å²) < 4.78 is 0. The zero-order valence-electron chi connectivity index (χ0n) is 11.5. The molecule has 0 aliphatic rings. The first-order valence-corrected chi connectivity index (χ1v) is 6.55. The van der Waals surface area contributed by atoms with Crippen molar-refractivity contribution in [2.75, 3.05) is 11.4 Å². The van der Waals surface area contributed by atoms with E-state index in [0.717, 1.165) is 25.2 Å². The molecule has 0 amide bonds. The molecule has 2 unspecified atom stereocenters. The Morgan fingerprint density at radius 3 is 2.41 bits per heavy atom. The Labute approximate surface area is 105 Å². The van der Waals surface area contributed by atoms with Crippen LogP contribution in [0.3, 0.4) is 0 Å². The van der Waals surface area contributed by atoms with Crippen LogP contribution in [0.5, 0.6) is 0 Å². The van der Waals surface area contributed by atoms with E-state index < -0.39 is 0 Å². The maximum Gasteiger partial charge on any atom is 0.128 e. The van der Waals surface area contributed by atoms with Crippen LogP contribution in [0.15, 0.2) is 18.3 Å². The summed E-state index contributed by atoms with van der Waals surface area (Å²) in [4.78, 5) is 6.87. The van der Waals surface area contributed by atoms with Gasteiger partial charge in [-0.1, -0.05) is 13.0 Å². The highest BCUT2D eigenvalue weighted by atomic mass is 15.2. The Morgan fingerprint density at radius 1 is 1.29 bits per heavy atom. The van der Waals surface area contributed by atoms with Crippen molar-refractivity contribution < 1.29 is 0 Å². The molecule has 0 radical (unpaired) electrons. The Kier molecular flexibility index (Phi) is 5.42. The van der Waals surface area contributed by atoms with Crippen molar-refractivity contribution in [2.45, 2.75) is 52.6 Å². The minimum absolute atomic E-state index is 0.194. The van der Waals surface area contributed by atoms with Crippen LogP contribution in [0.2, 0.25) is 0 Å². The molecule has 2 atom stereocenters. The second-order valence-corrected chi connectivity index (χ2v) is 4.75. The Bertz CT molecular complexity index is 319. The van der Waals surface area contributed by atoms with Gasteiger partial charge in [-0.2, -0.15) is 0 Å². The lowest BCUT2D eigenvalue weighted by molar-refractivity contribution is 0.622. The average molecular weight is 235 g/mol. The first kappa shape index (κ1) is 14.0. The third-order valence-electron chi connectivity index (χ3n) is 3.12. The lowest BCUT2D eigenvalue weighted by Gasteiger charge is -2.28. The smallest absolute Gasteiger partial charge is 0.128 e. The molecule has 3 nitrogen and oxygen atoms in total. The molecule has 1 aromatic rings. The zero-order valence-corrected chi connectivity index (χ0v) is 11.5. The molecule has 96 valence electrons. The van der Waals surface area contributed by atoms with Gasteiger partial charge in [0.25, 0.3) is 0 Å². The topological polar surface area (TPSA) is 42.1 Å². The molecule has 0 spiro atoms. The van der Waals surface area contributed by atoms with E-state index in [2.05, 4.69) is 42.8 Å². The minimum atomic E-state index is 0.194. The molecule has 0 bridgehead atoms. The lowest BCUT2D eigenvalue weighted by atomic mass is 10.1. The number of nitrogens with two attached hydrogens (primary N) is 1. The van der Waals surface area contributed by atoms with Crippen molar-refractivity contribution in [3.63, 3.8) is 0 Å². The molecule has 2 N–H and O–H groups in total. The van der Waals surface area contributed by atoms with Gasteiger partial charge >= 0.3 is 0 Å². The van der Waals surface area contributed by atoms with Gasteiger partial charge in [-0.3, -0.25) is 0 Å². The molecule has 0 saturated carbocycles. The van der Waals surface area contributed by atoms with Gasteiger partial charge < -0.3 is 10.6 Å². The maximum absolute atomic E-state index is 5.78. The fourth-order valence-corrected chi connectivity index (χ4v) is 2.00. The van der Waals surface area contributed by atoms with Gasteiger partial charge in [-0.05, 0) is 45.2 Å². The Morgan fingerprint density at radius 2 is 2.00 bits per heavy atom. The molecule has 1 heterocycles. The highest BCUT2D eigenvalue weighted by molar-refractivity contribution is 5.40. The van der Waals surface area contributed by atoms with Crippen LogP contribution in [-0.4, -0.2) is 23.6 Å². The monoisotopic (exact) mass is 235 g/mol. The molecule has 0 aromatic carbocycles. The zero-order chi connectivity index (χ0) is 12.8. The lowest BCUT2D eigenvalue weighted by Crippen LogP contribution is -2.33. The van der Waals surface area contributed by atoms with Gasteiger partial charge in [0, 0.05) is 24.8 Å². The normalized spacial score (nSPS) is 14.4. The summed E-state index contributed by atoms with van der Waals surface area (Å²) in [5.74, 6) is 1.07. The maximum atomic E-state index is 5.78. The number of pyridine rings is 1. The molecule has 0 saturated heterocycles. The summed E-state index contributed by atoms with van der Waals surface area (Å²) in [5, 5.41) is 0. The van der Waals surface area contributed by atoms with Gasteiger partial charge in [0.2, 0.25) is 0 Å². The number of rotatable bonds is 6. The van der Waals surface area contributed by atoms with E-state index in [1.54, 1.807) is 0 Å². The molecule has 0 aliphatic heterocycles. The van der Waals surface area contributed by atoms with Crippen LogP contribution in [0.25, 0.3) is 0 Å². The Balaban J connectivity index is 2.77. The van der Waals surface area contributed by atoms with Crippen LogP contribution in [0, 0.1) is 0 Å². The highest BCUT2D eigenvalue weighted by Gasteiger charge is 2.11. The predicted molar refractivity (Wildman–Crippen MR) is 74.4 cm³/mol. The molecular formula is C14H25N3. The SMILES string of the molecule is CCC(C)N(CC)c1ccc(CC(C)N)cn1. The summed E-state index contributed by atoms with van der Waals surface area (Å²) in [6.45, 7) is 9.63. The molecule has 0 aliphatic carbocycles. The van der Waals surface area contributed by atoms with Crippen LogP contribution in [0.1, 0.15) is 39.7 Å². The fraction of sp³-hybridized carbons (Fsp3) is 0.643. The van der Waals surface area contributed by atoms with E-state index in [1.165, 1.54) is 5.56 Å². The van der Waals surface area contributed by atoms with Crippen molar-refractivity contribution in [3.8, 4) is 0 Å². The van der Waals surface area contributed by atoms with E-state index in [1.807, 2.05) is 13.1 Å². The highest BCUT2D eigenvalue weighted by Crippen LogP contribution is 2.16. The number of aromatic nitrogens is 1. The van der Waals surface area contributed by atoms with Crippen molar-refractivity contribution in [3.05, 3.63) is 23.9 Å². The van der Waals surface area contributed by atoms with Gasteiger partial charge in [0.1, 0.15) is 5.82 Å². The number of anilines is 1. The van der Waals surface area contributed by atoms with Crippen LogP contribution in [-0.2, 0) is 6.42 Å². The van der Waals surface area contributed by atoms with Gasteiger partial charge in [-0.15, -0.1) is 0 Å². The first-order chi connectivity index (χ1) is 8.08. The van der Waals surface area contributed by atoms with Crippen molar-refractivity contribution in [2.24, 2.45) is 5.73 Å². The average Bonchev–Trinajstić information content (AvgIpc) is 2.31. The van der Waals surface area contributed by atoms with E-state index in [0.29, 0.717) is 6.04 Å². The molecule has 1 rings (SSSR count). The third-order valence-corrected chi connectivity index (χ3v) is 3.12. The molecule has 0 fully saturated rings. The summed E-state index contributed by atoms with van der Waals surface area (Å²) >= 11 is 0. The third kappa shape index (κ3) is 4.00. The standard InChI is InChI=1S/C14H25N3/c1-5-12(4)17(6-2)14-8-7-13(10-16-14)9-11(3)15/h7-8,10-12H,5-6,9,15H2,1-4H3. The van der Waals surface area contributed by atoms with E-state index in [-0.39, 0.29) is 6.04 Å². The van der Waals surface area contributed by atoms with Crippen LogP contribution < -0.4 is 10.6 Å². The number of hydrogen-bond donors (Lipinski definition) is 1. The van der Waals surface area contributed by atoms with Crippen LogP contribution in [0.4, 0.5) is 5.82 Å². The van der Waals surface area contributed by atoms with E-state index in [9.17, 15) is 0 Å². The first-order valence-electron chi connectivity index (χ1n) is 6.55. The largest absolute Gasteiger partial charge is 0.354 e. The summed E-state index contributed by atoms with van der Waals surface area (Å²) in [5.41, 5.74) is 6.99. The van der Waals surface area contributed by atoms with E-state index >= 15 is 0 Å². The second-order valence-electron chi connectivity index (χ2n) is 4.75. The fourth-order valence-electron chi connectivity index (χ4n) is 2.00. The quantitative estimate of drug-likeness (QED) is 0.824. The van der Waals surface area contributed by atoms with Crippen molar-refractivity contribution in [1.82, 2.24) is 4.98 Å². The predicted octanol–water partition coefficient (Wildman–Crippen LogP) is 2.60. The molecule has 1 aromatic heterocycles. The number of hydrogen-bond acceptors (Lipinski definition) is 3. The van der Waals surface area contributed by atoms with E-state index in [4.69, 9.17) is 5.73 Å². The molecule has 3 heteroatoms. The summed E-state index contributed by atoms with van der Waals surface area (Å²) in [7, 11) is 0. The number of nitrogens with zero attached hydrogens (tertiary/aromatic N) is 2. The summed E-state index contributed by atoms with van der Waals surface area (Å²) in [6.07, 6.45) is 3.98. The Hall–Kier alpha value is -1.09. The van der Waals surface area contributed by atoms with Gasteiger partial charge in [-0.25, -0.2) is 4.98 Å². The second kappa shape index (κ2) is 6.60. The van der Waals surface area contributed by atoms with Gasteiger partial charge in [0.15, 0.2) is 0 Å². The van der Waals surface area contributed by atoms with Crippen molar-refractivity contribution >= 4 is 5.82 Å². The van der Waals surface area contributed by atoms with Crippen LogP contribution >= 0.6 is 0 Å². The molecular weight excluding hydrogens is 210 g/mol. The summed E-state index contributed by atoms with van der Waals surface area (Å²) in [6, 6.07) is 4.97. The van der Waals surface area contributed by atoms with Gasteiger partial charge in [0.05, 0.1) is 0 Å².